The van der Waals surface area contributed by atoms with Crippen molar-refractivity contribution in [2.24, 2.45) is 0 Å². The molecular formula is C14H21N3O. The molecule has 0 saturated carbocycles. The van der Waals surface area contributed by atoms with Crippen LogP contribution in [0.2, 0.25) is 0 Å². The zero-order valence-electron chi connectivity index (χ0n) is 10.9. The third kappa shape index (κ3) is 3.74. The molecule has 4 heteroatoms. The summed E-state index contributed by atoms with van der Waals surface area (Å²) in [6.07, 6.45) is 6.14. The number of rotatable bonds is 6. The van der Waals surface area contributed by atoms with E-state index in [1.165, 1.54) is 5.57 Å². The van der Waals surface area contributed by atoms with Crippen LogP contribution in [-0.2, 0) is 0 Å². The number of hydrogen-bond acceptors (Lipinski definition) is 4. The Morgan fingerprint density at radius 1 is 1.50 bits per heavy atom. The summed E-state index contributed by atoms with van der Waals surface area (Å²) in [7, 11) is 0. The third-order valence-electron chi connectivity index (χ3n) is 2.87. The predicted molar refractivity (Wildman–Crippen MR) is 74.1 cm³/mol. The first-order chi connectivity index (χ1) is 8.90. The van der Waals surface area contributed by atoms with Gasteiger partial charge in [0.1, 0.15) is 0 Å². The molecule has 18 heavy (non-hydrogen) atoms. The normalized spacial score (nSPS) is 15.1. The summed E-state index contributed by atoms with van der Waals surface area (Å²) in [5.74, 6) is 1.68. The van der Waals surface area contributed by atoms with Crippen LogP contribution < -0.4 is 15.4 Å². The fourth-order valence-electron chi connectivity index (χ4n) is 1.88. The molecule has 0 atom stereocenters. The largest absolute Gasteiger partial charge is 0.490 e. The van der Waals surface area contributed by atoms with Crippen LogP contribution in [-0.4, -0.2) is 31.2 Å². The molecule has 0 amide bonds. The van der Waals surface area contributed by atoms with E-state index in [1.807, 2.05) is 12.1 Å². The van der Waals surface area contributed by atoms with Gasteiger partial charge in [0, 0.05) is 19.3 Å². The molecule has 0 aromatic carbocycles. The fourth-order valence-corrected chi connectivity index (χ4v) is 1.88. The summed E-state index contributed by atoms with van der Waals surface area (Å²) in [4.78, 5) is 4.34. The van der Waals surface area contributed by atoms with Crippen LogP contribution in [0.4, 0.5) is 5.82 Å². The lowest BCUT2D eigenvalue weighted by molar-refractivity contribution is 0.318. The van der Waals surface area contributed by atoms with Crippen LogP contribution in [0.5, 0.6) is 5.75 Å². The van der Waals surface area contributed by atoms with Crippen LogP contribution in [0.3, 0.4) is 0 Å². The van der Waals surface area contributed by atoms with Crippen LogP contribution >= 0.6 is 0 Å². The first-order valence-electron chi connectivity index (χ1n) is 6.60. The maximum Gasteiger partial charge on any atom is 0.169 e. The van der Waals surface area contributed by atoms with Crippen molar-refractivity contribution in [1.29, 1.82) is 0 Å². The molecule has 0 bridgehead atoms. The van der Waals surface area contributed by atoms with Crippen LogP contribution in [0.1, 0.15) is 19.8 Å². The number of hydrogen-bond donors (Lipinski definition) is 2. The predicted octanol–water partition coefficient (Wildman–Crippen LogP) is 2.20. The average Bonchev–Trinajstić information content (AvgIpc) is 2.45. The van der Waals surface area contributed by atoms with Crippen LogP contribution in [0, 0.1) is 0 Å². The zero-order chi connectivity index (χ0) is 12.6. The van der Waals surface area contributed by atoms with E-state index < -0.39 is 0 Å². The summed E-state index contributed by atoms with van der Waals surface area (Å²) in [5, 5.41) is 6.67. The highest BCUT2D eigenvalue weighted by molar-refractivity contribution is 5.50. The minimum atomic E-state index is 0.729. The molecule has 0 aliphatic carbocycles. The summed E-state index contributed by atoms with van der Waals surface area (Å²) in [6.45, 7) is 5.71. The topological polar surface area (TPSA) is 46.2 Å². The molecule has 2 N–H and O–H groups in total. The van der Waals surface area contributed by atoms with Crippen LogP contribution in [0.15, 0.2) is 30.0 Å². The second-order valence-corrected chi connectivity index (χ2v) is 4.37. The SMILES string of the molecule is CCCOc1cccnc1NCC1=CCNCC1. The zero-order valence-corrected chi connectivity index (χ0v) is 10.9. The molecule has 98 valence electrons. The minimum Gasteiger partial charge on any atom is -0.490 e. The van der Waals surface area contributed by atoms with E-state index in [2.05, 4.69) is 28.6 Å². The number of aromatic nitrogens is 1. The maximum atomic E-state index is 5.67. The Labute approximate surface area is 108 Å². The van der Waals surface area contributed by atoms with E-state index in [0.29, 0.717) is 0 Å². The molecule has 1 aromatic rings. The lowest BCUT2D eigenvalue weighted by atomic mass is 10.1. The highest BCUT2D eigenvalue weighted by Crippen LogP contribution is 2.21. The van der Waals surface area contributed by atoms with Gasteiger partial charge in [-0.1, -0.05) is 18.6 Å². The van der Waals surface area contributed by atoms with Gasteiger partial charge in [0.2, 0.25) is 0 Å². The summed E-state index contributed by atoms with van der Waals surface area (Å²) in [5.41, 5.74) is 1.43. The van der Waals surface area contributed by atoms with Gasteiger partial charge in [-0.05, 0) is 31.5 Å². The molecule has 4 nitrogen and oxygen atoms in total. The Morgan fingerprint density at radius 2 is 2.44 bits per heavy atom. The Balaban J connectivity index is 1.93. The molecule has 0 saturated heterocycles. The van der Waals surface area contributed by atoms with E-state index >= 15 is 0 Å². The maximum absolute atomic E-state index is 5.67. The summed E-state index contributed by atoms with van der Waals surface area (Å²) in [6, 6.07) is 3.86. The number of ether oxygens (including phenoxy) is 1. The molecular weight excluding hydrogens is 226 g/mol. The molecule has 0 unspecified atom stereocenters. The van der Waals surface area contributed by atoms with Crippen molar-refractivity contribution >= 4 is 5.82 Å². The lowest BCUT2D eigenvalue weighted by Crippen LogP contribution is -2.23. The Kier molecular flexibility index (Phi) is 5.02. The van der Waals surface area contributed by atoms with Gasteiger partial charge < -0.3 is 15.4 Å². The number of anilines is 1. The third-order valence-corrected chi connectivity index (χ3v) is 2.87. The molecule has 1 aromatic heterocycles. The standard InChI is InChI=1S/C14H21N3O/c1-2-10-18-13-4-3-7-16-14(13)17-11-12-5-8-15-9-6-12/h3-5,7,15H,2,6,8-11H2,1H3,(H,16,17). The van der Waals surface area contributed by atoms with Crippen molar-refractivity contribution in [3.8, 4) is 5.75 Å². The quantitative estimate of drug-likeness (QED) is 0.757. The van der Waals surface area contributed by atoms with Gasteiger partial charge in [-0.2, -0.15) is 0 Å². The minimum absolute atomic E-state index is 0.729. The molecule has 0 fully saturated rings. The van der Waals surface area contributed by atoms with Crippen molar-refractivity contribution in [2.45, 2.75) is 19.8 Å². The smallest absolute Gasteiger partial charge is 0.169 e. The van der Waals surface area contributed by atoms with Gasteiger partial charge in [0.05, 0.1) is 6.61 Å². The Hall–Kier alpha value is -1.55. The number of nitrogens with one attached hydrogen (secondary N) is 2. The lowest BCUT2D eigenvalue weighted by Gasteiger charge is -2.16. The van der Waals surface area contributed by atoms with Crippen molar-refractivity contribution in [3.63, 3.8) is 0 Å². The molecule has 2 heterocycles. The van der Waals surface area contributed by atoms with Crippen LogP contribution in [0.25, 0.3) is 0 Å². The van der Waals surface area contributed by atoms with E-state index in [9.17, 15) is 0 Å². The monoisotopic (exact) mass is 247 g/mol. The van der Waals surface area contributed by atoms with Gasteiger partial charge in [-0.15, -0.1) is 0 Å². The van der Waals surface area contributed by atoms with Gasteiger partial charge in [-0.25, -0.2) is 4.98 Å². The van der Waals surface area contributed by atoms with E-state index in [0.717, 1.165) is 50.7 Å². The highest BCUT2D eigenvalue weighted by Gasteiger charge is 2.06. The summed E-state index contributed by atoms with van der Waals surface area (Å²) < 4.78 is 5.67. The van der Waals surface area contributed by atoms with E-state index in [1.54, 1.807) is 6.20 Å². The first-order valence-corrected chi connectivity index (χ1v) is 6.60. The second-order valence-electron chi connectivity index (χ2n) is 4.37. The van der Waals surface area contributed by atoms with Crippen molar-refractivity contribution < 1.29 is 4.74 Å². The molecule has 1 aliphatic rings. The Bertz CT molecular complexity index is 404. The highest BCUT2D eigenvalue weighted by atomic mass is 16.5. The van der Waals surface area contributed by atoms with Gasteiger partial charge in [-0.3, -0.25) is 0 Å². The van der Waals surface area contributed by atoms with E-state index in [-0.39, 0.29) is 0 Å². The fraction of sp³-hybridized carbons (Fsp3) is 0.500. The Morgan fingerprint density at radius 3 is 3.22 bits per heavy atom. The first kappa shape index (κ1) is 12.9. The van der Waals surface area contributed by atoms with Crippen molar-refractivity contribution in [1.82, 2.24) is 10.3 Å². The van der Waals surface area contributed by atoms with Gasteiger partial charge in [0.15, 0.2) is 11.6 Å². The average molecular weight is 247 g/mol. The van der Waals surface area contributed by atoms with Gasteiger partial charge >= 0.3 is 0 Å². The summed E-state index contributed by atoms with van der Waals surface area (Å²) >= 11 is 0. The van der Waals surface area contributed by atoms with Crippen molar-refractivity contribution in [2.75, 3.05) is 31.6 Å². The van der Waals surface area contributed by atoms with Gasteiger partial charge in [0.25, 0.3) is 0 Å². The van der Waals surface area contributed by atoms with E-state index in [4.69, 9.17) is 4.74 Å². The van der Waals surface area contributed by atoms with Crippen molar-refractivity contribution in [3.05, 3.63) is 30.0 Å². The number of nitrogens with zero attached hydrogens (tertiary/aromatic N) is 1. The molecule has 0 radical (unpaired) electrons. The second kappa shape index (κ2) is 7.01. The number of pyridine rings is 1. The molecule has 1 aliphatic heterocycles. The molecule has 2 rings (SSSR count). The molecule has 0 spiro atoms.